The molecule has 0 bridgehead atoms. The highest BCUT2D eigenvalue weighted by Gasteiger charge is 2.26. The van der Waals surface area contributed by atoms with Crippen molar-refractivity contribution in [3.8, 4) is 6.07 Å². The molecule has 1 N–H and O–H groups in total. The van der Waals surface area contributed by atoms with E-state index in [1.165, 1.54) is 9.99 Å². The smallest absolute Gasteiger partial charge is 0.0677 e. The summed E-state index contributed by atoms with van der Waals surface area (Å²) in [4.78, 5) is 0. The molecule has 78 valence electrons. The Hall–Kier alpha value is -0.760. The predicted octanol–water partition coefficient (Wildman–Crippen LogP) is 3.40. The minimum atomic E-state index is 0.183. The van der Waals surface area contributed by atoms with Crippen LogP contribution in [0.25, 0.3) is 0 Å². The Bertz CT molecular complexity index is 383. The lowest BCUT2D eigenvalue weighted by molar-refractivity contribution is 0.630. The Morgan fingerprint density at radius 3 is 3.00 bits per heavy atom. The van der Waals surface area contributed by atoms with Gasteiger partial charge in [0.2, 0.25) is 0 Å². The maximum Gasteiger partial charge on any atom is 0.0677 e. The lowest BCUT2D eigenvalue weighted by Gasteiger charge is -2.17. The Labute approximate surface area is 104 Å². The van der Waals surface area contributed by atoms with Crippen molar-refractivity contribution >= 4 is 28.3 Å². The van der Waals surface area contributed by atoms with E-state index in [-0.39, 0.29) is 5.92 Å². The van der Waals surface area contributed by atoms with Crippen LogP contribution in [-0.4, -0.2) is 6.04 Å². The first-order chi connectivity index (χ1) is 7.29. The third kappa shape index (κ3) is 2.63. The minimum Gasteiger partial charge on any atom is -0.381 e. The van der Waals surface area contributed by atoms with Crippen molar-refractivity contribution in [2.75, 3.05) is 5.32 Å². The van der Waals surface area contributed by atoms with Gasteiger partial charge in [0.1, 0.15) is 0 Å². The van der Waals surface area contributed by atoms with E-state index < -0.39 is 0 Å². The second-order valence-corrected chi connectivity index (χ2v) is 5.17. The summed E-state index contributed by atoms with van der Waals surface area (Å²) >= 11 is 2.30. The summed E-state index contributed by atoms with van der Waals surface area (Å²) in [5, 5.41) is 12.4. The van der Waals surface area contributed by atoms with Crippen molar-refractivity contribution in [3.63, 3.8) is 0 Å². The van der Waals surface area contributed by atoms with Gasteiger partial charge in [0, 0.05) is 15.3 Å². The van der Waals surface area contributed by atoms with E-state index in [2.05, 4.69) is 52.2 Å². The molecule has 0 heterocycles. The monoisotopic (exact) mass is 312 g/mol. The van der Waals surface area contributed by atoms with Crippen LogP contribution in [0.2, 0.25) is 0 Å². The maximum absolute atomic E-state index is 8.98. The average Bonchev–Trinajstić information content (AvgIpc) is 2.65. The number of nitrogens with one attached hydrogen (secondary N) is 1. The number of anilines is 1. The van der Waals surface area contributed by atoms with Gasteiger partial charge in [0.25, 0.3) is 0 Å². The molecule has 1 fully saturated rings. The third-order valence-electron chi connectivity index (χ3n) is 2.86. The van der Waals surface area contributed by atoms with Gasteiger partial charge in [-0.15, -0.1) is 0 Å². The predicted molar refractivity (Wildman–Crippen MR) is 69.5 cm³/mol. The molecule has 0 amide bonds. The summed E-state index contributed by atoms with van der Waals surface area (Å²) in [6, 6.07) is 11.0. The van der Waals surface area contributed by atoms with E-state index in [9.17, 15) is 0 Å². The molecule has 2 rings (SSSR count). The molecule has 1 aromatic carbocycles. The van der Waals surface area contributed by atoms with Crippen LogP contribution < -0.4 is 5.32 Å². The second kappa shape index (κ2) is 4.84. The second-order valence-electron chi connectivity index (χ2n) is 3.93. The maximum atomic E-state index is 8.98. The number of hydrogen-bond acceptors (Lipinski definition) is 2. The number of benzene rings is 1. The SMILES string of the molecule is N#CC1CCCC1Nc1cccc(I)c1. The van der Waals surface area contributed by atoms with Gasteiger partial charge in [-0.2, -0.15) is 5.26 Å². The van der Waals surface area contributed by atoms with Gasteiger partial charge in [0.05, 0.1) is 12.0 Å². The number of nitriles is 1. The van der Waals surface area contributed by atoms with Crippen molar-refractivity contribution in [2.24, 2.45) is 5.92 Å². The van der Waals surface area contributed by atoms with Gasteiger partial charge in [-0.1, -0.05) is 6.07 Å². The molecule has 15 heavy (non-hydrogen) atoms. The van der Waals surface area contributed by atoms with Crippen molar-refractivity contribution in [2.45, 2.75) is 25.3 Å². The highest BCUT2D eigenvalue weighted by molar-refractivity contribution is 14.1. The van der Waals surface area contributed by atoms with Crippen LogP contribution in [0.5, 0.6) is 0 Å². The van der Waals surface area contributed by atoms with E-state index in [0.29, 0.717) is 6.04 Å². The zero-order chi connectivity index (χ0) is 10.7. The van der Waals surface area contributed by atoms with Crippen LogP contribution in [0.4, 0.5) is 5.69 Å². The Morgan fingerprint density at radius 1 is 1.40 bits per heavy atom. The van der Waals surface area contributed by atoms with E-state index in [1.54, 1.807) is 0 Å². The molecule has 1 aliphatic rings. The van der Waals surface area contributed by atoms with Crippen molar-refractivity contribution in [1.82, 2.24) is 0 Å². The average molecular weight is 312 g/mol. The minimum absolute atomic E-state index is 0.183. The third-order valence-corrected chi connectivity index (χ3v) is 3.53. The fourth-order valence-corrected chi connectivity index (χ4v) is 2.62. The highest BCUT2D eigenvalue weighted by atomic mass is 127. The lowest BCUT2D eigenvalue weighted by atomic mass is 10.1. The highest BCUT2D eigenvalue weighted by Crippen LogP contribution is 2.28. The first kappa shape index (κ1) is 10.7. The van der Waals surface area contributed by atoms with Crippen LogP contribution in [0.1, 0.15) is 19.3 Å². The van der Waals surface area contributed by atoms with E-state index in [4.69, 9.17) is 5.26 Å². The summed E-state index contributed by atoms with van der Waals surface area (Å²) in [7, 11) is 0. The molecule has 1 saturated carbocycles. The molecule has 0 radical (unpaired) electrons. The van der Waals surface area contributed by atoms with Crippen LogP contribution in [0, 0.1) is 20.8 Å². The van der Waals surface area contributed by atoms with Gasteiger partial charge >= 0.3 is 0 Å². The number of nitrogens with zero attached hydrogens (tertiary/aromatic N) is 1. The van der Waals surface area contributed by atoms with Gasteiger partial charge < -0.3 is 5.32 Å². The molecule has 1 aliphatic carbocycles. The van der Waals surface area contributed by atoms with Crippen molar-refractivity contribution in [3.05, 3.63) is 27.8 Å². The molecule has 0 spiro atoms. The Balaban J connectivity index is 2.06. The van der Waals surface area contributed by atoms with Gasteiger partial charge in [0.15, 0.2) is 0 Å². The lowest BCUT2D eigenvalue weighted by Crippen LogP contribution is -2.22. The number of hydrogen-bond donors (Lipinski definition) is 1. The number of rotatable bonds is 2. The van der Waals surface area contributed by atoms with Gasteiger partial charge in [-0.05, 0) is 60.1 Å². The summed E-state index contributed by atoms with van der Waals surface area (Å²) in [5.41, 5.74) is 1.13. The molecule has 1 aromatic rings. The molecular weight excluding hydrogens is 299 g/mol. The zero-order valence-electron chi connectivity index (χ0n) is 8.41. The van der Waals surface area contributed by atoms with Crippen molar-refractivity contribution in [1.29, 1.82) is 5.26 Å². The largest absolute Gasteiger partial charge is 0.381 e. The van der Waals surface area contributed by atoms with Crippen LogP contribution >= 0.6 is 22.6 Å². The molecular formula is C12H13IN2. The normalized spacial score (nSPS) is 24.8. The Morgan fingerprint density at radius 2 is 2.27 bits per heavy atom. The molecule has 0 aromatic heterocycles. The fourth-order valence-electron chi connectivity index (χ4n) is 2.08. The first-order valence-corrected chi connectivity index (χ1v) is 6.29. The van der Waals surface area contributed by atoms with E-state index >= 15 is 0 Å². The summed E-state index contributed by atoms with van der Waals surface area (Å²) < 4.78 is 1.23. The summed E-state index contributed by atoms with van der Waals surface area (Å²) in [6.45, 7) is 0. The van der Waals surface area contributed by atoms with Crippen LogP contribution in [0.3, 0.4) is 0 Å². The fraction of sp³-hybridized carbons (Fsp3) is 0.417. The first-order valence-electron chi connectivity index (χ1n) is 5.21. The molecule has 2 atom stereocenters. The molecule has 2 nitrogen and oxygen atoms in total. The van der Waals surface area contributed by atoms with Gasteiger partial charge in [-0.25, -0.2) is 0 Å². The quantitative estimate of drug-likeness (QED) is 0.850. The summed E-state index contributed by atoms with van der Waals surface area (Å²) in [5.74, 6) is 0.183. The van der Waals surface area contributed by atoms with E-state index in [1.807, 2.05) is 6.07 Å². The molecule has 3 heteroatoms. The van der Waals surface area contributed by atoms with Crippen LogP contribution in [-0.2, 0) is 0 Å². The molecule has 0 saturated heterocycles. The zero-order valence-corrected chi connectivity index (χ0v) is 10.6. The standard InChI is InChI=1S/C12H13IN2/c13-10-4-2-5-11(7-10)15-12-6-1-3-9(12)8-14/h2,4-5,7,9,12,15H,1,3,6H2. The van der Waals surface area contributed by atoms with Crippen molar-refractivity contribution < 1.29 is 0 Å². The molecule has 2 unspecified atom stereocenters. The topological polar surface area (TPSA) is 35.8 Å². The summed E-state index contributed by atoms with van der Waals surface area (Å²) in [6.07, 6.45) is 3.32. The van der Waals surface area contributed by atoms with E-state index in [0.717, 1.165) is 18.5 Å². The molecule has 0 aliphatic heterocycles. The number of halogens is 1. The van der Waals surface area contributed by atoms with Gasteiger partial charge in [-0.3, -0.25) is 0 Å². The Kier molecular flexibility index (Phi) is 3.47. The van der Waals surface area contributed by atoms with Crippen LogP contribution in [0.15, 0.2) is 24.3 Å².